The minimum Gasteiger partial charge on any atom is -0.392 e. The number of thiazole rings is 1. The van der Waals surface area contributed by atoms with Crippen LogP contribution in [0.3, 0.4) is 0 Å². The third-order valence-corrected chi connectivity index (χ3v) is 6.78. The van der Waals surface area contributed by atoms with Crippen molar-refractivity contribution in [3.8, 4) is 0 Å². The molecule has 3 heterocycles. The van der Waals surface area contributed by atoms with Gasteiger partial charge in [0.2, 0.25) is 0 Å². The van der Waals surface area contributed by atoms with Gasteiger partial charge in [0, 0.05) is 67.1 Å². The highest BCUT2D eigenvalue weighted by atomic mass is 79.9. The number of methoxy groups -OCH3 is 1. The van der Waals surface area contributed by atoms with Crippen molar-refractivity contribution in [2.24, 2.45) is 4.99 Å². The standard InChI is InChI=1S/C20H19BrF2N4O2S.C3H8O/c21-16-6-11(22)1-2-14(16)18-15(10-28)17(9-27-7-12(23)5-13(29)8-27)25-19(26-18)20-24-3-4-30-20;1-3-4-2/h1-4,6,10,12-13,18,29H,5,7-9H2,(H,25,26);3H2,1-2H3/t12?,13?,18-;/m0./s1. The van der Waals surface area contributed by atoms with Crippen LogP contribution in [0.5, 0.6) is 0 Å². The van der Waals surface area contributed by atoms with E-state index >= 15 is 0 Å². The Balaban J connectivity index is 0.000000751. The van der Waals surface area contributed by atoms with Crippen molar-refractivity contribution < 1.29 is 23.4 Å². The Morgan fingerprint density at radius 1 is 1.41 bits per heavy atom. The number of piperidine rings is 1. The number of likely N-dealkylation sites (tertiary alicyclic amines) is 1. The smallest absolute Gasteiger partial charge is 0.163 e. The molecule has 0 aliphatic carbocycles. The van der Waals surface area contributed by atoms with Crippen LogP contribution in [0.1, 0.15) is 30.0 Å². The maximum Gasteiger partial charge on any atom is 0.163 e. The lowest BCUT2D eigenvalue weighted by molar-refractivity contribution is -0.105. The van der Waals surface area contributed by atoms with Gasteiger partial charge in [-0.05, 0) is 24.6 Å². The van der Waals surface area contributed by atoms with E-state index in [1.165, 1.54) is 23.5 Å². The summed E-state index contributed by atoms with van der Waals surface area (Å²) in [5, 5.41) is 15.6. The van der Waals surface area contributed by atoms with Crippen LogP contribution in [0, 0.1) is 5.82 Å². The monoisotopic (exact) mass is 556 g/mol. The van der Waals surface area contributed by atoms with E-state index in [-0.39, 0.29) is 19.5 Å². The van der Waals surface area contributed by atoms with Gasteiger partial charge in [-0.25, -0.2) is 13.8 Å². The van der Waals surface area contributed by atoms with Crippen LogP contribution < -0.4 is 5.32 Å². The molecule has 184 valence electrons. The molecule has 0 bridgehead atoms. The summed E-state index contributed by atoms with van der Waals surface area (Å²) in [6.45, 7) is 3.50. The molecule has 0 saturated carbocycles. The Morgan fingerprint density at radius 3 is 2.76 bits per heavy atom. The van der Waals surface area contributed by atoms with Crippen LogP contribution in [-0.4, -0.2) is 72.7 Å². The number of nitrogens with one attached hydrogen (secondary N) is 1. The van der Waals surface area contributed by atoms with Crippen LogP contribution in [-0.2, 0) is 9.53 Å². The summed E-state index contributed by atoms with van der Waals surface area (Å²) >= 11 is 4.76. The Morgan fingerprint density at radius 2 is 2.18 bits per heavy atom. The van der Waals surface area contributed by atoms with Crippen molar-refractivity contribution in [3.05, 3.63) is 61.9 Å². The van der Waals surface area contributed by atoms with Crippen molar-refractivity contribution in [2.75, 3.05) is 33.4 Å². The Kier molecular flexibility index (Phi) is 9.84. The number of β-amino-alcohol motifs (C(OH)–C–C–N with tert-alkyl or cyclic N) is 1. The quantitative estimate of drug-likeness (QED) is 0.528. The van der Waals surface area contributed by atoms with Crippen molar-refractivity contribution >= 4 is 39.4 Å². The molecule has 0 spiro atoms. The summed E-state index contributed by atoms with van der Waals surface area (Å²) in [5.41, 5.74) is 1.57. The van der Waals surface area contributed by atoms with Gasteiger partial charge in [-0.15, -0.1) is 11.3 Å². The number of ether oxygens (including phenoxy) is 1. The summed E-state index contributed by atoms with van der Waals surface area (Å²) in [6.07, 6.45) is 0.595. The average Bonchev–Trinajstić information content (AvgIpc) is 3.33. The molecule has 11 heteroatoms. The SMILES string of the molecule is CCOC.O=CC1=C(CN2CC(O)CC(F)C2)NC(c2nccs2)=N[C@H]1c1ccc(F)cc1Br. The number of aliphatic hydroxyl groups is 1. The third-order valence-electron chi connectivity index (χ3n) is 5.31. The zero-order valence-corrected chi connectivity index (χ0v) is 21.3. The number of benzene rings is 1. The van der Waals surface area contributed by atoms with Crippen molar-refractivity contribution in [2.45, 2.75) is 31.7 Å². The molecule has 2 N–H and O–H groups in total. The number of carbonyl (C=O) groups is 1. The first-order valence-corrected chi connectivity index (χ1v) is 12.4. The van der Waals surface area contributed by atoms with Crippen LogP contribution in [0.4, 0.5) is 8.78 Å². The van der Waals surface area contributed by atoms with E-state index in [0.717, 1.165) is 12.9 Å². The first-order chi connectivity index (χ1) is 16.4. The second-order valence-electron chi connectivity index (χ2n) is 7.82. The fourth-order valence-corrected chi connectivity index (χ4v) is 4.89. The van der Waals surface area contributed by atoms with Crippen LogP contribution >= 0.6 is 27.3 Å². The number of aliphatic imine (C=N–C) groups is 1. The molecule has 2 aliphatic rings. The number of hydrogen-bond donors (Lipinski definition) is 2. The largest absolute Gasteiger partial charge is 0.392 e. The van der Waals surface area contributed by atoms with Crippen LogP contribution in [0.2, 0.25) is 0 Å². The lowest BCUT2D eigenvalue weighted by atomic mass is 9.96. The predicted octanol–water partition coefficient (Wildman–Crippen LogP) is 3.65. The van der Waals surface area contributed by atoms with Crippen LogP contribution in [0.25, 0.3) is 0 Å². The summed E-state index contributed by atoms with van der Waals surface area (Å²) in [5.74, 6) is 0.0815. The number of alkyl halides is 1. The number of hydrogen-bond acceptors (Lipinski definition) is 8. The highest BCUT2D eigenvalue weighted by molar-refractivity contribution is 9.10. The molecular formula is C23H27BrF2N4O3S. The van der Waals surface area contributed by atoms with Crippen molar-refractivity contribution in [1.29, 1.82) is 0 Å². The van der Waals surface area contributed by atoms with E-state index in [9.17, 15) is 18.7 Å². The molecule has 34 heavy (non-hydrogen) atoms. The summed E-state index contributed by atoms with van der Waals surface area (Å²) in [7, 11) is 1.68. The van der Waals surface area contributed by atoms with Gasteiger partial charge in [0.15, 0.2) is 10.8 Å². The van der Waals surface area contributed by atoms with E-state index in [1.54, 1.807) is 24.3 Å². The third kappa shape index (κ3) is 6.76. The number of aliphatic hydroxyl groups excluding tert-OH is 1. The lowest BCUT2D eigenvalue weighted by Gasteiger charge is -2.34. The summed E-state index contributed by atoms with van der Waals surface area (Å²) in [4.78, 5) is 22.8. The maximum absolute atomic E-state index is 14.0. The minimum absolute atomic E-state index is 0.112. The van der Waals surface area contributed by atoms with E-state index in [4.69, 9.17) is 0 Å². The van der Waals surface area contributed by atoms with Gasteiger partial charge in [0.05, 0.1) is 6.10 Å². The van der Waals surface area contributed by atoms with Crippen molar-refractivity contribution in [1.82, 2.24) is 15.2 Å². The highest BCUT2D eigenvalue weighted by Crippen LogP contribution is 2.35. The number of aldehydes is 1. The molecule has 1 saturated heterocycles. The topological polar surface area (TPSA) is 87.0 Å². The molecule has 2 aliphatic heterocycles. The fourth-order valence-electron chi connectivity index (χ4n) is 3.74. The molecule has 0 radical (unpaired) electrons. The molecule has 1 aromatic carbocycles. The van der Waals surface area contributed by atoms with E-state index in [1.807, 2.05) is 12.3 Å². The van der Waals surface area contributed by atoms with Crippen LogP contribution in [0.15, 0.2) is 50.5 Å². The first-order valence-electron chi connectivity index (χ1n) is 10.8. The normalized spacial score (nSPS) is 23.0. The number of carbonyl (C=O) groups excluding carboxylic acids is 1. The van der Waals surface area contributed by atoms with Gasteiger partial charge in [-0.2, -0.15) is 0 Å². The predicted molar refractivity (Wildman–Crippen MR) is 131 cm³/mol. The molecule has 2 unspecified atom stereocenters. The number of halogens is 3. The molecule has 2 aromatic rings. The molecule has 1 aromatic heterocycles. The highest BCUT2D eigenvalue weighted by Gasteiger charge is 2.32. The first kappa shape index (κ1) is 26.6. The van der Waals surface area contributed by atoms with E-state index in [0.29, 0.717) is 38.7 Å². The van der Waals surface area contributed by atoms with Gasteiger partial charge in [-0.1, -0.05) is 22.0 Å². The molecule has 0 amide bonds. The fraction of sp³-hybridized carbons (Fsp3) is 0.435. The summed E-state index contributed by atoms with van der Waals surface area (Å²) < 4.78 is 32.6. The Labute approximate surface area is 209 Å². The Bertz CT molecular complexity index is 1020. The van der Waals surface area contributed by atoms with Gasteiger partial charge >= 0.3 is 0 Å². The maximum atomic E-state index is 14.0. The zero-order valence-electron chi connectivity index (χ0n) is 18.9. The van der Waals surface area contributed by atoms with Gasteiger partial charge in [0.25, 0.3) is 0 Å². The second-order valence-corrected chi connectivity index (χ2v) is 9.57. The number of amidine groups is 1. The zero-order chi connectivity index (χ0) is 24.7. The molecule has 7 nitrogen and oxygen atoms in total. The van der Waals surface area contributed by atoms with E-state index < -0.39 is 24.1 Å². The molecule has 3 atom stereocenters. The van der Waals surface area contributed by atoms with E-state index in [2.05, 4.69) is 36.0 Å². The number of aromatic nitrogens is 1. The second kappa shape index (κ2) is 12.6. The molecule has 1 fully saturated rings. The number of rotatable bonds is 6. The lowest BCUT2D eigenvalue weighted by Crippen LogP contribution is -2.47. The van der Waals surface area contributed by atoms with Crippen molar-refractivity contribution in [3.63, 3.8) is 0 Å². The average molecular weight is 557 g/mol. The van der Waals surface area contributed by atoms with Gasteiger partial charge < -0.3 is 15.2 Å². The van der Waals surface area contributed by atoms with Gasteiger partial charge in [0.1, 0.15) is 24.3 Å². The molecular weight excluding hydrogens is 530 g/mol. The summed E-state index contributed by atoms with van der Waals surface area (Å²) in [6, 6.07) is 3.55. The minimum atomic E-state index is -1.13. The molecule has 4 rings (SSSR count). The number of nitrogens with zero attached hydrogens (tertiary/aromatic N) is 3. The Hall–Kier alpha value is -2.05. The van der Waals surface area contributed by atoms with Gasteiger partial charge in [-0.3, -0.25) is 14.7 Å².